The van der Waals surface area contributed by atoms with E-state index in [4.69, 9.17) is 23.2 Å². The molecule has 0 radical (unpaired) electrons. The van der Waals surface area contributed by atoms with Crippen LogP contribution in [0.15, 0.2) is 51.7 Å². The molecule has 4 nitrogen and oxygen atoms in total. The zero-order valence-electron chi connectivity index (χ0n) is 11.9. The van der Waals surface area contributed by atoms with E-state index in [9.17, 15) is 9.90 Å². The maximum atomic E-state index is 12.5. The summed E-state index contributed by atoms with van der Waals surface area (Å²) >= 11 is 15.3. The molecule has 0 unspecified atom stereocenters. The maximum absolute atomic E-state index is 12.5. The quantitative estimate of drug-likeness (QED) is 0.666. The number of aromatic nitrogens is 2. The molecule has 0 fully saturated rings. The summed E-state index contributed by atoms with van der Waals surface area (Å²) in [5.74, 6) is -0.168. The van der Waals surface area contributed by atoms with Crippen molar-refractivity contribution >= 4 is 39.1 Å². The number of benzene rings is 2. The molecule has 7 heteroatoms. The minimum Gasteiger partial charge on any atom is -0.493 e. The smallest absolute Gasteiger partial charge is 0.335 e. The lowest BCUT2D eigenvalue weighted by molar-refractivity contribution is 0.443. The Bertz CT molecular complexity index is 926. The third-order valence-electron chi connectivity index (χ3n) is 3.46. The normalized spacial score (nSPS) is 11.0. The van der Waals surface area contributed by atoms with Gasteiger partial charge in [0.1, 0.15) is 5.69 Å². The van der Waals surface area contributed by atoms with Crippen LogP contribution in [-0.4, -0.2) is 14.2 Å². The van der Waals surface area contributed by atoms with Crippen molar-refractivity contribution in [2.75, 3.05) is 0 Å². The monoisotopic (exact) mass is 412 g/mol. The van der Waals surface area contributed by atoms with Crippen LogP contribution >= 0.6 is 39.1 Å². The molecule has 1 aromatic heterocycles. The molecule has 0 saturated heterocycles. The van der Waals surface area contributed by atoms with Crippen molar-refractivity contribution in [3.8, 4) is 22.8 Å². The average Bonchev–Trinajstić information content (AvgIpc) is 2.69. The van der Waals surface area contributed by atoms with Gasteiger partial charge in [-0.1, -0.05) is 51.3 Å². The van der Waals surface area contributed by atoms with Gasteiger partial charge in [-0.15, -0.1) is 0 Å². The number of aromatic hydroxyl groups is 1. The van der Waals surface area contributed by atoms with Gasteiger partial charge in [0.2, 0.25) is 5.88 Å². The Morgan fingerprint density at radius 1 is 1.04 bits per heavy atom. The first-order valence-electron chi connectivity index (χ1n) is 6.61. The summed E-state index contributed by atoms with van der Waals surface area (Å²) in [5.41, 5.74) is 1.15. The highest BCUT2D eigenvalue weighted by molar-refractivity contribution is 9.10. The second-order valence-electron chi connectivity index (χ2n) is 4.98. The van der Waals surface area contributed by atoms with Crippen molar-refractivity contribution in [3.63, 3.8) is 0 Å². The fourth-order valence-electron chi connectivity index (χ4n) is 2.42. The van der Waals surface area contributed by atoms with Crippen LogP contribution in [0.2, 0.25) is 10.0 Å². The van der Waals surface area contributed by atoms with E-state index in [-0.39, 0.29) is 5.88 Å². The summed E-state index contributed by atoms with van der Waals surface area (Å²) < 4.78 is 3.47. The average molecular weight is 414 g/mol. The molecule has 0 aliphatic rings. The van der Waals surface area contributed by atoms with Crippen LogP contribution in [0.25, 0.3) is 16.9 Å². The van der Waals surface area contributed by atoms with E-state index in [1.165, 1.54) is 9.13 Å². The van der Waals surface area contributed by atoms with Crippen LogP contribution in [0.3, 0.4) is 0 Å². The number of hydrogen-bond donors (Lipinski definition) is 1. The zero-order valence-corrected chi connectivity index (χ0v) is 15.0. The molecule has 0 spiro atoms. The van der Waals surface area contributed by atoms with Gasteiger partial charge >= 0.3 is 5.69 Å². The summed E-state index contributed by atoms with van der Waals surface area (Å²) in [5, 5.41) is 11.4. The number of imidazole rings is 1. The summed E-state index contributed by atoms with van der Waals surface area (Å²) in [6, 6.07) is 12.0. The highest BCUT2D eigenvalue weighted by atomic mass is 79.9. The van der Waals surface area contributed by atoms with Gasteiger partial charge in [0, 0.05) is 27.1 Å². The maximum Gasteiger partial charge on any atom is 0.335 e. The predicted molar refractivity (Wildman–Crippen MR) is 95.8 cm³/mol. The van der Waals surface area contributed by atoms with Crippen molar-refractivity contribution in [1.82, 2.24) is 9.13 Å². The van der Waals surface area contributed by atoms with Gasteiger partial charge in [0.15, 0.2) is 0 Å². The van der Waals surface area contributed by atoms with Crippen molar-refractivity contribution in [2.45, 2.75) is 0 Å². The van der Waals surface area contributed by atoms with Crippen LogP contribution in [0.1, 0.15) is 0 Å². The Morgan fingerprint density at radius 2 is 1.61 bits per heavy atom. The molecule has 2 aromatic carbocycles. The first kappa shape index (κ1) is 16.2. The molecule has 23 heavy (non-hydrogen) atoms. The van der Waals surface area contributed by atoms with E-state index in [0.29, 0.717) is 21.4 Å². The minimum atomic E-state index is -0.390. The fourth-order valence-corrected chi connectivity index (χ4v) is 3.20. The van der Waals surface area contributed by atoms with E-state index in [1.54, 1.807) is 25.2 Å². The first-order chi connectivity index (χ1) is 10.9. The van der Waals surface area contributed by atoms with Crippen molar-refractivity contribution in [1.29, 1.82) is 0 Å². The second kappa shape index (κ2) is 6.07. The molecule has 0 aliphatic heterocycles. The van der Waals surface area contributed by atoms with Gasteiger partial charge < -0.3 is 5.11 Å². The van der Waals surface area contributed by atoms with E-state index >= 15 is 0 Å². The molecule has 0 atom stereocenters. The molecule has 0 amide bonds. The minimum absolute atomic E-state index is 0.168. The summed E-state index contributed by atoms with van der Waals surface area (Å²) in [6.45, 7) is 0. The standard InChI is InChI=1S/C16H11BrCl2N2O2/c1-20-14(9-2-4-10(17)5-3-9)15(22)21(16(20)23)13-7-11(18)6-12(19)8-13/h2-8,22H,1H3. The van der Waals surface area contributed by atoms with Crippen LogP contribution in [0.4, 0.5) is 0 Å². The van der Waals surface area contributed by atoms with Gasteiger partial charge in [-0.25, -0.2) is 9.36 Å². The lowest BCUT2D eigenvalue weighted by atomic mass is 10.1. The van der Waals surface area contributed by atoms with Crippen molar-refractivity contribution in [3.05, 3.63) is 67.5 Å². The molecule has 3 aromatic rings. The van der Waals surface area contributed by atoms with E-state index < -0.39 is 5.69 Å². The number of nitrogens with zero attached hydrogens (tertiary/aromatic N) is 2. The molecule has 1 N–H and O–H groups in total. The largest absolute Gasteiger partial charge is 0.493 e. The van der Waals surface area contributed by atoms with Crippen LogP contribution < -0.4 is 5.69 Å². The van der Waals surface area contributed by atoms with Gasteiger partial charge in [0.25, 0.3) is 0 Å². The Kier molecular flexibility index (Phi) is 4.27. The van der Waals surface area contributed by atoms with Gasteiger partial charge in [0.05, 0.1) is 5.69 Å². The number of rotatable bonds is 2. The van der Waals surface area contributed by atoms with Gasteiger partial charge in [-0.3, -0.25) is 4.57 Å². The fraction of sp³-hybridized carbons (Fsp3) is 0.0625. The number of halogens is 3. The molecule has 0 aliphatic carbocycles. The molecular formula is C16H11BrCl2N2O2. The first-order valence-corrected chi connectivity index (χ1v) is 8.16. The van der Waals surface area contributed by atoms with Crippen molar-refractivity contribution in [2.24, 2.45) is 7.05 Å². The zero-order chi connectivity index (χ0) is 16.7. The topological polar surface area (TPSA) is 47.2 Å². The predicted octanol–water partition coefficient (Wildman–Crippen LogP) is 4.62. The van der Waals surface area contributed by atoms with Gasteiger partial charge in [-0.05, 0) is 30.3 Å². The SMILES string of the molecule is Cn1c(-c2ccc(Br)cc2)c(O)n(-c2cc(Cl)cc(Cl)c2)c1=O. The third-order valence-corrected chi connectivity index (χ3v) is 4.43. The highest BCUT2D eigenvalue weighted by Gasteiger charge is 2.20. The van der Waals surface area contributed by atoms with Crippen LogP contribution in [0, 0.1) is 0 Å². The van der Waals surface area contributed by atoms with Crippen LogP contribution in [0.5, 0.6) is 5.88 Å². The van der Waals surface area contributed by atoms with Crippen molar-refractivity contribution < 1.29 is 5.11 Å². The van der Waals surface area contributed by atoms with Gasteiger partial charge in [-0.2, -0.15) is 0 Å². The second-order valence-corrected chi connectivity index (χ2v) is 6.77. The molecule has 1 heterocycles. The Hall–Kier alpha value is -1.69. The Balaban J connectivity index is 2.26. The third kappa shape index (κ3) is 2.92. The molecular weight excluding hydrogens is 403 g/mol. The summed E-state index contributed by atoms with van der Waals surface area (Å²) in [7, 11) is 1.60. The molecule has 118 valence electrons. The highest BCUT2D eigenvalue weighted by Crippen LogP contribution is 2.32. The van der Waals surface area contributed by atoms with E-state index in [0.717, 1.165) is 10.0 Å². The van der Waals surface area contributed by atoms with E-state index in [1.807, 2.05) is 24.3 Å². The summed E-state index contributed by atoms with van der Waals surface area (Å²) in [6.07, 6.45) is 0. The Morgan fingerprint density at radius 3 is 2.17 bits per heavy atom. The summed E-state index contributed by atoms with van der Waals surface area (Å²) in [4.78, 5) is 12.5. The lowest BCUT2D eigenvalue weighted by Gasteiger charge is -2.06. The van der Waals surface area contributed by atoms with E-state index in [2.05, 4.69) is 15.9 Å². The molecule has 3 rings (SSSR count). The molecule has 0 bridgehead atoms. The number of hydrogen-bond acceptors (Lipinski definition) is 2. The lowest BCUT2D eigenvalue weighted by Crippen LogP contribution is -2.21. The Labute approximate surface area is 150 Å². The van der Waals surface area contributed by atoms with Crippen LogP contribution in [-0.2, 0) is 7.05 Å². The molecule has 0 saturated carbocycles.